The lowest BCUT2D eigenvalue weighted by Crippen LogP contribution is -2.30. The number of benzene rings is 2. The maximum Gasteiger partial charge on any atom is 0.170 e. The molecule has 33 heavy (non-hydrogen) atoms. The maximum atomic E-state index is 5.10. The van der Waals surface area contributed by atoms with Gasteiger partial charge in [-0.2, -0.15) is 0 Å². The smallest absolute Gasteiger partial charge is 0.170 e. The molecule has 0 radical (unpaired) electrons. The Kier molecular flexibility index (Phi) is 5.32. The van der Waals surface area contributed by atoms with Crippen LogP contribution in [0.4, 0.5) is 0 Å². The summed E-state index contributed by atoms with van der Waals surface area (Å²) in [6, 6.07) is 24.2. The Balaban J connectivity index is 1.38. The molecule has 0 unspecified atom stereocenters. The number of hydrogen-bond acceptors (Lipinski definition) is 4. The zero-order valence-electron chi connectivity index (χ0n) is 18.6. The average molecular weight is 434 g/mol. The number of nitrogens with one attached hydrogen (secondary N) is 1. The molecule has 0 aliphatic heterocycles. The van der Waals surface area contributed by atoms with Gasteiger partial charge in [-0.25, -0.2) is 4.98 Å². The third-order valence-corrected chi connectivity index (χ3v) is 6.77. The first kappa shape index (κ1) is 20.1. The lowest BCUT2D eigenvalue weighted by Gasteiger charge is -2.22. The van der Waals surface area contributed by atoms with Crippen molar-refractivity contribution in [2.75, 3.05) is 0 Å². The summed E-state index contributed by atoms with van der Waals surface area (Å²) in [5.74, 6) is 0. The SMILES string of the molecule is c1ccc(-c2cc3c(ccn4cnnc34)nc2-c2ccc(CNC3CCCCC3)cc2)cc1. The van der Waals surface area contributed by atoms with E-state index in [-0.39, 0.29) is 0 Å². The van der Waals surface area contributed by atoms with Crippen molar-refractivity contribution in [3.05, 3.63) is 84.8 Å². The fourth-order valence-corrected chi connectivity index (χ4v) is 4.94. The van der Waals surface area contributed by atoms with E-state index >= 15 is 0 Å². The molecule has 5 nitrogen and oxygen atoms in total. The Bertz CT molecular complexity index is 1380. The van der Waals surface area contributed by atoms with Crippen molar-refractivity contribution >= 4 is 16.6 Å². The Morgan fingerprint density at radius 3 is 2.52 bits per heavy atom. The molecule has 6 rings (SSSR count). The monoisotopic (exact) mass is 433 g/mol. The number of pyridine rings is 2. The molecule has 3 aromatic heterocycles. The van der Waals surface area contributed by atoms with Gasteiger partial charge in [0.1, 0.15) is 6.33 Å². The summed E-state index contributed by atoms with van der Waals surface area (Å²) in [5.41, 5.74) is 7.43. The van der Waals surface area contributed by atoms with Crippen LogP contribution in [-0.2, 0) is 6.54 Å². The van der Waals surface area contributed by atoms with E-state index in [1.807, 2.05) is 22.7 Å². The van der Waals surface area contributed by atoms with Crippen LogP contribution < -0.4 is 5.32 Å². The van der Waals surface area contributed by atoms with Crippen molar-refractivity contribution in [3.63, 3.8) is 0 Å². The second-order valence-electron chi connectivity index (χ2n) is 8.97. The molecular formula is C28H27N5. The van der Waals surface area contributed by atoms with E-state index < -0.39 is 0 Å². The van der Waals surface area contributed by atoms with E-state index in [2.05, 4.69) is 70.1 Å². The molecule has 1 aliphatic rings. The van der Waals surface area contributed by atoms with Gasteiger partial charge in [0.25, 0.3) is 0 Å². The van der Waals surface area contributed by atoms with Crippen molar-refractivity contribution in [2.45, 2.75) is 44.7 Å². The van der Waals surface area contributed by atoms with Gasteiger partial charge in [-0.05, 0) is 36.1 Å². The molecule has 0 atom stereocenters. The molecule has 1 aliphatic carbocycles. The van der Waals surface area contributed by atoms with Crippen LogP contribution in [0.3, 0.4) is 0 Å². The maximum absolute atomic E-state index is 5.10. The van der Waals surface area contributed by atoms with Gasteiger partial charge in [-0.15, -0.1) is 10.2 Å². The molecule has 2 aromatic carbocycles. The molecule has 0 amide bonds. The minimum absolute atomic E-state index is 0.666. The van der Waals surface area contributed by atoms with Crippen LogP contribution in [0.15, 0.2) is 79.3 Å². The second kappa shape index (κ2) is 8.75. The predicted octanol–water partition coefficient (Wildman–Crippen LogP) is 6.03. The highest BCUT2D eigenvalue weighted by molar-refractivity contribution is 5.98. The predicted molar refractivity (Wildman–Crippen MR) is 133 cm³/mol. The van der Waals surface area contributed by atoms with E-state index in [0.717, 1.165) is 45.5 Å². The molecule has 1 saturated carbocycles. The Hall–Kier alpha value is -3.57. The van der Waals surface area contributed by atoms with Crippen LogP contribution in [0, 0.1) is 0 Å². The fourth-order valence-electron chi connectivity index (χ4n) is 4.94. The lowest BCUT2D eigenvalue weighted by molar-refractivity contribution is 0.372. The summed E-state index contributed by atoms with van der Waals surface area (Å²) in [6.07, 6.45) is 10.4. The molecule has 3 heterocycles. The van der Waals surface area contributed by atoms with Gasteiger partial charge in [0.15, 0.2) is 5.65 Å². The minimum Gasteiger partial charge on any atom is -0.310 e. The van der Waals surface area contributed by atoms with Crippen molar-refractivity contribution in [2.24, 2.45) is 0 Å². The van der Waals surface area contributed by atoms with Crippen molar-refractivity contribution in [1.29, 1.82) is 0 Å². The normalized spacial score (nSPS) is 14.8. The third kappa shape index (κ3) is 4.00. The molecule has 5 heteroatoms. The number of hydrogen-bond donors (Lipinski definition) is 1. The molecule has 164 valence electrons. The summed E-state index contributed by atoms with van der Waals surface area (Å²) in [4.78, 5) is 5.10. The van der Waals surface area contributed by atoms with E-state index in [1.54, 1.807) is 6.33 Å². The van der Waals surface area contributed by atoms with E-state index in [0.29, 0.717) is 6.04 Å². The molecule has 0 saturated heterocycles. The van der Waals surface area contributed by atoms with Gasteiger partial charge in [-0.3, -0.25) is 4.40 Å². The topological polar surface area (TPSA) is 55.1 Å². The van der Waals surface area contributed by atoms with Crippen LogP contribution >= 0.6 is 0 Å². The molecule has 0 bridgehead atoms. The number of nitrogens with zero attached hydrogens (tertiary/aromatic N) is 4. The second-order valence-corrected chi connectivity index (χ2v) is 8.97. The summed E-state index contributed by atoms with van der Waals surface area (Å²) >= 11 is 0. The minimum atomic E-state index is 0.666. The van der Waals surface area contributed by atoms with Gasteiger partial charge in [0, 0.05) is 35.3 Å². The highest BCUT2D eigenvalue weighted by Crippen LogP contribution is 2.34. The number of aromatic nitrogens is 4. The first-order chi connectivity index (χ1) is 16.3. The molecule has 1 N–H and O–H groups in total. The molecular weight excluding hydrogens is 406 g/mol. The van der Waals surface area contributed by atoms with Gasteiger partial charge in [-0.1, -0.05) is 73.9 Å². The summed E-state index contributed by atoms with van der Waals surface area (Å²) in [7, 11) is 0. The molecule has 1 fully saturated rings. The number of fused-ring (bicyclic) bond motifs is 3. The molecule has 5 aromatic rings. The first-order valence-corrected chi connectivity index (χ1v) is 11.9. The van der Waals surface area contributed by atoms with Crippen molar-refractivity contribution in [3.8, 4) is 22.4 Å². The molecule has 0 spiro atoms. The quantitative estimate of drug-likeness (QED) is 0.367. The van der Waals surface area contributed by atoms with Crippen LogP contribution in [0.25, 0.3) is 38.9 Å². The zero-order valence-corrected chi connectivity index (χ0v) is 18.6. The highest BCUT2D eigenvalue weighted by atomic mass is 15.2. The van der Waals surface area contributed by atoms with Gasteiger partial charge in [0.2, 0.25) is 0 Å². The van der Waals surface area contributed by atoms with Gasteiger partial charge in [0.05, 0.1) is 11.2 Å². The summed E-state index contributed by atoms with van der Waals surface area (Å²) in [5, 5.41) is 13.1. The Morgan fingerprint density at radius 2 is 1.70 bits per heavy atom. The average Bonchev–Trinajstić information content (AvgIpc) is 3.38. The van der Waals surface area contributed by atoms with E-state index in [1.165, 1.54) is 37.7 Å². The number of rotatable bonds is 5. The third-order valence-electron chi connectivity index (χ3n) is 6.77. The zero-order chi connectivity index (χ0) is 22.0. The Morgan fingerprint density at radius 1 is 0.879 bits per heavy atom. The fraction of sp³-hybridized carbons (Fsp3) is 0.250. The van der Waals surface area contributed by atoms with E-state index in [9.17, 15) is 0 Å². The summed E-state index contributed by atoms with van der Waals surface area (Å²) < 4.78 is 1.94. The van der Waals surface area contributed by atoms with Crippen LogP contribution in [0.5, 0.6) is 0 Å². The largest absolute Gasteiger partial charge is 0.310 e. The summed E-state index contributed by atoms with van der Waals surface area (Å²) in [6.45, 7) is 0.923. The van der Waals surface area contributed by atoms with Crippen molar-refractivity contribution in [1.82, 2.24) is 24.9 Å². The van der Waals surface area contributed by atoms with Crippen LogP contribution in [0.2, 0.25) is 0 Å². The van der Waals surface area contributed by atoms with E-state index in [4.69, 9.17) is 4.98 Å². The highest BCUT2D eigenvalue weighted by Gasteiger charge is 2.15. The standard InChI is InChI=1S/C28H27N5/c1-3-7-21(8-4-1)24-17-25-26(15-16-33-19-30-32-28(25)33)31-27(24)22-13-11-20(12-14-22)18-29-23-9-5-2-6-10-23/h1,3-4,7-8,11-17,19,23,29H,2,5-6,9-10,18H2. The first-order valence-electron chi connectivity index (χ1n) is 11.9. The van der Waals surface area contributed by atoms with Crippen LogP contribution in [-0.4, -0.2) is 25.6 Å². The van der Waals surface area contributed by atoms with Gasteiger partial charge < -0.3 is 5.32 Å². The van der Waals surface area contributed by atoms with Crippen LogP contribution in [0.1, 0.15) is 37.7 Å². The van der Waals surface area contributed by atoms with Gasteiger partial charge >= 0.3 is 0 Å². The van der Waals surface area contributed by atoms with Crippen molar-refractivity contribution < 1.29 is 0 Å². The Labute approximate surface area is 193 Å². The lowest BCUT2D eigenvalue weighted by atomic mass is 9.95.